The molecule has 7 nitrogen and oxygen atoms in total. The number of hydrogen-bond acceptors (Lipinski definition) is 4. The lowest BCUT2D eigenvalue weighted by Crippen LogP contribution is -2.44. The van der Waals surface area contributed by atoms with Crippen LogP contribution in [0, 0.1) is 5.41 Å². The van der Waals surface area contributed by atoms with Crippen molar-refractivity contribution in [3.05, 3.63) is 0 Å². The van der Waals surface area contributed by atoms with Gasteiger partial charge in [0.25, 0.3) is 0 Å². The minimum Gasteiger partial charge on any atom is -0.356 e. The van der Waals surface area contributed by atoms with Crippen LogP contribution in [-0.2, 0) is 14.6 Å². The molecular formula is C16H29IN4O3S. The van der Waals surface area contributed by atoms with Crippen molar-refractivity contribution in [2.75, 3.05) is 38.2 Å². The Morgan fingerprint density at radius 3 is 2.60 bits per heavy atom. The van der Waals surface area contributed by atoms with Gasteiger partial charge in [0.2, 0.25) is 5.91 Å². The molecule has 3 aliphatic rings. The van der Waals surface area contributed by atoms with E-state index in [1.807, 2.05) is 0 Å². The first-order chi connectivity index (χ1) is 11.4. The van der Waals surface area contributed by atoms with Crippen molar-refractivity contribution in [3.8, 4) is 0 Å². The SMILES string of the molecule is CN=C(NCCC(=O)NC1CCS(=O)(=O)C1)N1CCC2(CCC2)C1.I. The van der Waals surface area contributed by atoms with E-state index in [9.17, 15) is 13.2 Å². The lowest BCUT2D eigenvalue weighted by Gasteiger charge is -2.38. The van der Waals surface area contributed by atoms with Crippen LogP contribution in [0.3, 0.4) is 0 Å². The normalized spacial score (nSPS) is 26.8. The quantitative estimate of drug-likeness (QED) is 0.349. The molecule has 25 heavy (non-hydrogen) atoms. The summed E-state index contributed by atoms with van der Waals surface area (Å²) in [4.78, 5) is 18.6. The zero-order valence-electron chi connectivity index (χ0n) is 14.8. The number of nitrogens with one attached hydrogen (secondary N) is 2. The number of carbonyl (C=O) groups is 1. The Kier molecular flexibility index (Phi) is 6.97. The van der Waals surface area contributed by atoms with Gasteiger partial charge >= 0.3 is 0 Å². The molecule has 3 fully saturated rings. The number of halogens is 1. The Labute approximate surface area is 167 Å². The highest BCUT2D eigenvalue weighted by Crippen LogP contribution is 2.47. The number of likely N-dealkylation sites (tertiary alicyclic amines) is 1. The number of guanidine groups is 1. The summed E-state index contributed by atoms with van der Waals surface area (Å²) in [6.07, 6.45) is 6.09. The van der Waals surface area contributed by atoms with Crippen LogP contribution in [0.15, 0.2) is 4.99 Å². The summed E-state index contributed by atoms with van der Waals surface area (Å²) in [5.41, 5.74) is 0.517. The number of amides is 1. The van der Waals surface area contributed by atoms with E-state index < -0.39 is 9.84 Å². The highest BCUT2D eigenvalue weighted by atomic mass is 127. The van der Waals surface area contributed by atoms with Gasteiger partial charge in [-0.25, -0.2) is 8.42 Å². The van der Waals surface area contributed by atoms with Crippen LogP contribution < -0.4 is 10.6 Å². The maximum atomic E-state index is 12.0. The van der Waals surface area contributed by atoms with Gasteiger partial charge in [-0.1, -0.05) is 6.42 Å². The van der Waals surface area contributed by atoms with Gasteiger partial charge in [0.15, 0.2) is 15.8 Å². The van der Waals surface area contributed by atoms with Gasteiger partial charge in [0, 0.05) is 39.1 Å². The highest BCUT2D eigenvalue weighted by Gasteiger charge is 2.43. The lowest BCUT2D eigenvalue weighted by molar-refractivity contribution is -0.121. The van der Waals surface area contributed by atoms with Crippen molar-refractivity contribution in [1.82, 2.24) is 15.5 Å². The van der Waals surface area contributed by atoms with E-state index in [1.165, 1.54) is 25.7 Å². The van der Waals surface area contributed by atoms with E-state index in [4.69, 9.17) is 0 Å². The second-order valence-electron chi connectivity index (χ2n) is 7.42. The maximum absolute atomic E-state index is 12.0. The average Bonchev–Trinajstić information content (AvgIpc) is 3.07. The van der Waals surface area contributed by atoms with Crippen molar-refractivity contribution in [1.29, 1.82) is 0 Å². The summed E-state index contributed by atoms with van der Waals surface area (Å²) in [7, 11) is -1.18. The van der Waals surface area contributed by atoms with E-state index in [2.05, 4.69) is 20.5 Å². The summed E-state index contributed by atoms with van der Waals surface area (Å²) in [5, 5.41) is 6.08. The molecule has 0 radical (unpaired) electrons. The fourth-order valence-corrected chi connectivity index (χ4v) is 5.70. The summed E-state index contributed by atoms with van der Waals surface area (Å²) < 4.78 is 22.8. The molecule has 1 saturated carbocycles. The van der Waals surface area contributed by atoms with E-state index in [0.29, 0.717) is 24.8 Å². The third-order valence-electron chi connectivity index (χ3n) is 5.60. The topological polar surface area (TPSA) is 90.9 Å². The number of aliphatic imine (C=N–C) groups is 1. The Morgan fingerprint density at radius 1 is 1.32 bits per heavy atom. The molecule has 2 aliphatic heterocycles. The number of rotatable bonds is 4. The van der Waals surface area contributed by atoms with Crippen LogP contribution in [0.5, 0.6) is 0 Å². The van der Waals surface area contributed by atoms with Gasteiger partial charge in [-0.05, 0) is 31.1 Å². The van der Waals surface area contributed by atoms with Gasteiger partial charge in [0.05, 0.1) is 11.5 Å². The molecule has 0 aromatic heterocycles. The van der Waals surface area contributed by atoms with E-state index in [1.54, 1.807) is 7.05 Å². The molecule has 1 amide bonds. The van der Waals surface area contributed by atoms with Crippen LogP contribution in [0.25, 0.3) is 0 Å². The third-order valence-corrected chi connectivity index (χ3v) is 7.36. The highest BCUT2D eigenvalue weighted by molar-refractivity contribution is 14.0. The minimum atomic E-state index is -2.95. The third kappa shape index (κ3) is 5.21. The molecule has 1 spiro atoms. The molecular weight excluding hydrogens is 455 g/mol. The fourth-order valence-electron chi connectivity index (χ4n) is 4.03. The predicted octanol–water partition coefficient (Wildman–Crippen LogP) is 0.749. The smallest absolute Gasteiger partial charge is 0.222 e. The Hall–Kier alpha value is -0.580. The molecule has 2 N–H and O–H groups in total. The average molecular weight is 484 g/mol. The molecule has 3 rings (SSSR count). The van der Waals surface area contributed by atoms with E-state index >= 15 is 0 Å². The van der Waals surface area contributed by atoms with E-state index in [0.717, 1.165) is 19.0 Å². The molecule has 2 saturated heterocycles. The summed E-state index contributed by atoms with van der Waals surface area (Å²) in [6.45, 7) is 2.62. The Bertz CT molecular complexity index is 619. The number of carbonyl (C=O) groups excluding carboxylic acids is 1. The first-order valence-electron chi connectivity index (χ1n) is 8.87. The minimum absolute atomic E-state index is 0. The lowest BCUT2D eigenvalue weighted by atomic mass is 9.68. The van der Waals surface area contributed by atoms with E-state index in [-0.39, 0.29) is 47.4 Å². The molecule has 1 aliphatic carbocycles. The standard InChI is InChI=1S/C16H28N4O3S.HI/c1-17-15(20-9-7-16(12-20)5-2-6-16)18-8-3-14(21)19-13-4-10-24(22,23)11-13;/h13H,2-12H2,1H3,(H,17,18)(H,19,21);1H. The summed E-state index contributed by atoms with van der Waals surface area (Å²) in [6, 6.07) is -0.223. The van der Waals surface area contributed by atoms with Crippen molar-refractivity contribution in [3.63, 3.8) is 0 Å². The zero-order chi connectivity index (χ0) is 17.2. The first kappa shape index (κ1) is 20.7. The maximum Gasteiger partial charge on any atom is 0.222 e. The van der Waals surface area contributed by atoms with Crippen molar-refractivity contribution >= 4 is 45.7 Å². The van der Waals surface area contributed by atoms with Crippen LogP contribution >= 0.6 is 24.0 Å². The molecule has 0 aromatic carbocycles. The van der Waals surface area contributed by atoms with Crippen molar-refractivity contribution in [2.45, 2.75) is 44.6 Å². The van der Waals surface area contributed by atoms with Gasteiger partial charge in [-0.15, -0.1) is 24.0 Å². The van der Waals surface area contributed by atoms with Crippen LogP contribution in [0.2, 0.25) is 0 Å². The summed E-state index contributed by atoms with van der Waals surface area (Å²) in [5.74, 6) is 1.02. The number of sulfone groups is 1. The second kappa shape index (κ2) is 8.41. The second-order valence-corrected chi connectivity index (χ2v) is 9.65. The van der Waals surface area contributed by atoms with Gasteiger partial charge in [-0.3, -0.25) is 9.79 Å². The van der Waals surface area contributed by atoms with Gasteiger partial charge in [0.1, 0.15) is 0 Å². The molecule has 144 valence electrons. The number of hydrogen-bond donors (Lipinski definition) is 2. The van der Waals surface area contributed by atoms with Gasteiger partial charge in [-0.2, -0.15) is 0 Å². The fraction of sp³-hybridized carbons (Fsp3) is 0.875. The van der Waals surface area contributed by atoms with Crippen LogP contribution in [0.1, 0.15) is 38.5 Å². The zero-order valence-corrected chi connectivity index (χ0v) is 17.9. The monoisotopic (exact) mass is 484 g/mol. The molecule has 0 aromatic rings. The Balaban J connectivity index is 0.00000225. The van der Waals surface area contributed by atoms with Crippen LogP contribution in [-0.4, -0.2) is 69.4 Å². The predicted molar refractivity (Wildman–Crippen MR) is 109 cm³/mol. The van der Waals surface area contributed by atoms with Crippen molar-refractivity contribution < 1.29 is 13.2 Å². The van der Waals surface area contributed by atoms with Crippen molar-refractivity contribution in [2.24, 2.45) is 10.4 Å². The Morgan fingerprint density at radius 2 is 2.08 bits per heavy atom. The largest absolute Gasteiger partial charge is 0.356 e. The molecule has 1 atom stereocenters. The molecule has 0 bridgehead atoms. The number of nitrogens with zero attached hydrogens (tertiary/aromatic N) is 2. The van der Waals surface area contributed by atoms with Crippen LogP contribution in [0.4, 0.5) is 0 Å². The summed E-state index contributed by atoms with van der Waals surface area (Å²) >= 11 is 0. The molecule has 2 heterocycles. The van der Waals surface area contributed by atoms with Gasteiger partial charge < -0.3 is 15.5 Å². The molecule has 9 heteroatoms. The molecule has 1 unspecified atom stereocenters. The first-order valence-corrected chi connectivity index (χ1v) is 10.7.